The highest BCUT2D eigenvalue weighted by molar-refractivity contribution is 4.91. The second-order valence-electron chi connectivity index (χ2n) is 7.42. The van der Waals surface area contributed by atoms with E-state index in [1.54, 1.807) is 0 Å². The van der Waals surface area contributed by atoms with Gasteiger partial charge in [0, 0.05) is 0 Å². The maximum Gasteiger partial charge on any atom is 0.0687 e. The molecule has 0 aromatic carbocycles. The summed E-state index contributed by atoms with van der Waals surface area (Å²) < 4.78 is 6.46. The summed E-state index contributed by atoms with van der Waals surface area (Å²) in [6.45, 7) is 9.18. The number of rotatable bonds is 6. The second kappa shape index (κ2) is 7.08. The molecule has 1 aliphatic heterocycles. The Morgan fingerprint density at radius 1 is 1.05 bits per heavy atom. The summed E-state index contributed by atoms with van der Waals surface area (Å²) in [5, 5.41) is 3.57. The molecule has 112 valence electrons. The number of ether oxygens (including phenoxy) is 1. The lowest BCUT2D eigenvalue weighted by Crippen LogP contribution is -2.32. The first-order valence-corrected chi connectivity index (χ1v) is 8.48. The van der Waals surface area contributed by atoms with Crippen LogP contribution in [0.2, 0.25) is 0 Å². The lowest BCUT2D eigenvalue weighted by Gasteiger charge is -2.33. The van der Waals surface area contributed by atoms with Crippen LogP contribution >= 0.6 is 0 Å². The smallest absolute Gasteiger partial charge is 0.0687 e. The third kappa shape index (κ3) is 4.75. The zero-order valence-corrected chi connectivity index (χ0v) is 13.2. The molecule has 2 nitrogen and oxygen atoms in total. The molecular weight excluding hydrogens is 234 g/mol. The third-order valence-corrected chi connectivity index (χ3v) is 4.81. The minimum absolute atomic E-state index is 0.300. The lowest BCUT2D eigenvalue weighted by atomic mass is 9.83. The Kier molecular flexibility index (Phi) is 5.70. The summed E-state index contributed by atoms with van der Waals surface area (Å²) >= 11 is 0. The quantitative estimate of drug-likeness (QED) is 0.781. The standard InChI is InChI=1S/C17H33NO/c1-14(2)12-18-13-15(3)11-16-7-10-17(19-16)8-5-4-6-9-17/h14-16,18H,4-13H2,1-3H3. The van der Waals surface area contributed by atoms with Crippen LogP contribution in [-0.4, -0.2) is 24.8 Å². The SMILES string of the molecule is CC(C)CNCC(C)CC1CCC2(CCCCC2)O1. The van der Waals surface area contributed by atoms with Crippen LogP contribution in [0.5, 0.6) is 0 Å². The summed E-state index contributed by atoms with van der Waals surface area (Å²) in [7, 11) is 0. The fraction of sp³-hybridized carbons (Fsp3) is 1.00. The van der Waals surface area contributed by atoms with E-state index < -0.39 is 0 Å². The van der Waals surface area contributed by atoms with Crippen LogP contribution in [0.25, 0.3) is 0 Å². The van der Waals surface area contributed by atoms with Crippen molar-refractivity contribution >= 4 is 0 Å². The van der Waals surface area contributed by atoms with Crippen molar-refractivity contribution in [3.05, 3.63) is 0 Å². The van der Waals surface area contributed by atoms with Crippen LogP contribution in [0.15, 0.2) is 0 Å². The van der Waals surface area contributed by atoms with Crippen molar-refractivity contribution in [1.29, 1.82) is 0 Å². The van der Waals surface area contributed by atoms with Crippen molar-refractivity contribution in [2.45, 2.75) is 83.8 Å². The van der Waals surface area contributed by atoms with Crippen LogP contribution in [0.1, 0.15) is 72.1 Å². The second-order valence-corrected chi connectivity index (χ2v) is 7.42. The van der Waals surface area contributed by atoms with E-state index in [0.717, 1.165) is 24.9 Å². The molecule has 0 bridgehead atoms. The Labute approximate surface area is 119 Å². The predicted molar refractivity (Wildman–Crippen MR) is 81.4 cm³/mol. The molecule has 0 aromatic heterocycles. The summed E-state index contributed by atoms with van der Waals surface area (Å²) in [5.41, 5.74) is 0.300. The van der Waals surface area contributed by atoms with Crippen LogP contribution in [0, 0.1) is 11.8 Å². The van der Waals surface area contributed by atoms with Crippen molar-refractivity contribution in [2.75, 3.05) is 13.1 Å². The van der Waals surface area contributed by atoms with E-state index in [4.69, 9.17) is 4.74 Å². The zero-order chi connectivity index (χ0) is 13.7. The summed E-state index contributed by atoms with van der Waals surface area (Å²) in [4.78, 5) is 0. The maximum atomic E-state index is 6.46. The molecule has 19 heavy (non-hydrogen) atoms. The monoisotopic (exact) mass is 267 g/mol. The highest BCUT2D eigenvalue weighted by Gasteiger charge is 2.40. The van der Waals surface area contributed by atoms with Gasteiger partial charge in [0.05, 0.1) is 11.7 Å². The molecule has 1 N–H and O–H groups in total. The van der Waals surface area contributed by atoms with Crippen molar-refractivity contribution in [2.24, 2.45) is 11.8 Å². The van der Waals surface area contributed by atoms with Gasteiger partial charge in [-0.3, -0.25) is 0 Å². The van der Waals surface area contributed by atoms with Crippen LogP contribution < -0.4 is 5.32 Å². The van der Waals surface area contributed by atoms with Gasteiger partial charge in [0.25, 0.3) is 0 Å². The molecule has 1 spiro atoms. The van der Waals surface area contributed by atoms with Gasteiger partial charge in [-0.25, -0.2) is 0 Å². The molecule has 1 aliphatic carbocycles. The minimum atomic E-state index is 0.300. The molecule has 1 heterocycles. The third-order valence-electron chi connectivity index (χ3n) is 4.81. The Morgan fingerprint density at radius 3 is 2.47 bits per heavy atom. The van der Waals surface area contributed by atoms with Crippen molar-refractivity contribution < 1.29 is 4.74 Å². The average molecular weight is 267 g/mol. The summed E-state index contributed by atoms with van der Waals surface area (Å²) in [5.74, 6) is 1.49. The molecule has 1 saturated carbocycles. The van der Waals surface area contributed by atoms with Gasteiger partial charge in [-0.15, -0.1) is 0 Å². The van der Waals surface area contributed by atoms with E-state index in [1.165, 1.54) is 51.4 Å². The van der Waals surface area contributed by atoms with Crippen LogP contribution in [-0.2, 0) is 4.74 Å². The van der Waals surface area contributed by atoms with E-state index in [0.29, 0.717) is 11.7 Å². The van der Waals surface area contributed by atoms with Gasteiger partial charge in [0.2, 0.25) is 0 Å². The molecule has 2 rings (SSSR count). The van der Waals surface area contributed by atoms with E-state index >= 15 is 0 Å². The lowest BCUT2D eigenvalue weighted by molar-refractivity contribution is -0.0691. The Morgan fingerprint density at radius 2 is 1.79 bits per heavy atom. The minimum Gasteiger partial charge on any atom is -0.372 e. The first-order chi connectivity index (χ1) is 9.10. The van der Waals surface area contributed by atoms with Gasteiger partial charge in [0.1, 0.15) is 0 Å². The topological polar surface area (TPSA) is 21.3 Å². The Bertz CT molecular complexity index is 258. The number of nitrogens with one attached hydrogen (secondary N) is 1. The molecule has 2 heteroatoms. The fourth-order valence-corrected chi connectivity index (χ4v) is 3.78. The molecule has 2 aliphatic rings. The predicted octanol–water partition coefficient (Wildman–Crippen LogP) is 4.14. The molecule has 1 saturated heterocycles. The van der Waals surface area contributed by atoms with E-state index in [9.17, 15) is 0 Å². The van der Waals surface area contributed by atoms with Gasteiger partial charge in [-0.05, 0) is 57.0 Å². The largest absolute Gasteiger partial charge is 0.372 e. The normalized spacial score (nSPS) is 28.1. The molecule has 0 aromatic rings. The number of hydrogen-bond acceptors (Lipinski definition) is 2. The average Bonchev–Trinajstić information content (AvgIpc) is 2.72. The molecule has 2 atom stereocenters. The van der Waals surface area contributed by atoms with Gasteiger partial charge >= 0.3 is 0 Å². The van der Waals surface area contributed by atoms with Gasteiger partial charge in [0.15, 0.2) is 0 Å². The highest BCUT2D eigenvalue weighted by Crippen LogP contribution is 2.43. The fourth-order valence-electron chi connectivity index (χ4n) is 3.78. The van der Waals surface area contributed by atoms with E-state index in [1.807, 2.05) is 0 Å². The Hall–Kier alpha value is -0.0800. The maximum absolute atomic E-state index is 6.46. The van der Waals surface area contributed by atoms with Gasteiger partial charge in [-0.2, -0.15) is 0 Å². The van der Waals surface area contributed by atoms with Gasteiger partial charge < -0.3 is 10.1 Å². The van der Waals surface area contributed by atoms with Gasteiger partial charge in [-0.1, -0.05) is 40.0 Å². The molecule has 2 fully saturated rings. The van der Waals surface area contributed by atoms with Crippen molar-refractivity contribution in [3.63, 3.8) is 0 Å². The van der Waals surface area contributed by atoms with Crippen LogP contribution in [0.4, 0.5) is 0 Å². The first-order valence-electron chi connectivity index (χ1n) is 8.48. The van der Waals surface area contributed by atoms with E-state index in [2.05, 4.69) is 26.1 Å². The molecule has 0 amide bonds. The molecule has 0 radical (unpaired) electrons. The molecular formula is C17H33NO. The van der Waals surface area contributed by atoms with Crippen molar-refractivity contribution in [3.8, 4) is 0 Å². The zero-order valence-electron chi connectivity index (χ0n) is 13.2. The molecule has 2 unspecified atom stereocenters. The first kappa shape index (κ1) is 15.3. The van der Waals surface area contributed by atoms with Crippen LogP contribution in [0.3, 0.4) is 0 Å². The van der Waals surface area contributed by atoms with Crippen molar-refractivity contribution in [1.82, 2.24) is 5.32 Å². The highest BCUT2D eigenvalue weighted by atomic mass is 16.5. The summed E-state index contributed by atoms with van der Waals surface area (Å²) in [6, 6.07) is 0. The van der Waals surface area contributed by atoms with E-state index in [-0.39, 0.29) is 0 Å². The number of hydrogen-bond donors (Lipinski definition) is 1. The Balaban J connectivity index is 1.66. The summed E-state index contributed by atoms with van der Waals surface area (Å²) in [6.07, 6.45) is 11.2.